The Balaban J connectivity index is 1.93. The van der Waals surface area contributed by atoms with Crippen molar-refractivity contribution in [1.82, 2.24) is 14.9 Å². The van der Waals surface area contributed by atoms with Crippen LogP contribution in [-0.4, -0.2) is 27.3 Å². The van der Waals surface area contributed by atoms with E-state index in [1.54, 1.807) is 22.7 Å². The first-order valence-electron chi connectivity index (χ1n) is 7.10. The second-order valence-corrected chi connectivity index (χ2v) is 6.31. The van der Waals surface area contributed by atoms with Crippen molar-refractivity contribution in [1.29, 1.82) is 0 Å². The van der Waals surface area contributed by atoms with Gasteiger partial charge in [-0.15, -0.1) is 11.8 Å². The van der Waals surface area contributed by atoms with E-state index in [1.807, 2.05) is 36.4 Å². The lowest BCUT2D eigenvalue weighted by molar-refractivity contribution is 0.871. The van der Waals surface area contributed by atoms with Crippen LogP contribution in [0, 0.1) is 11.7 Å². The van der Waals surface area contributed by atoms with Gasteiger partial charge in [-0.2, -0.15) is 14.9 Å². The Bertz CT molecular complexity index is 874. The summed E-state index contributed by atoms with van der Waals surface area (Å²) in [5, 5.41) is 11.6. The van der Waals surface area contributed by atoms with Gasteiger partial charge in [-0.05, 0) is 43.1 Å². The number of H-pyrrole nitrogens is 1. The highest BCUT2D eigenvalue weighted by molar-refractivity contribution is 7.98. The monoisotopic (exact) mass is 340 g/mol. The minimum absolute atomic E-state index is 0.470. The molecule has 3 rings (SSSR count). The van der Waals surface area contributed by atoms with Crippen LogP contribution in [0.25, 0.3) is 11.4 Å². The highest BCUT2D eigenvalue weighted by Crippen LogP contribution is 2.18. The number of benzene rings is 2. The largest absolute Gasteiger partial charge is 0.250 e. The normalized spacial score (nSPS) is 11.2. The number of aryl methyl sites for hydroxylation is 1. The molecule has 0 unspecified atom stereocenters. The summed E-state index contributed by atoms with van der Waals surface area (Å²) in [5.41, 5.74) is 3.19. The first-order chi connectivity index (χ1) is 11.2. The van der Waals surface area contributed by atoms with Gasteiger partial charge in [0.2, 0.25) is 4.77 Å². The van der Waals surface area contributed by atoms with Crippen molar-refractivity contribution in [2.45, 2.75) is 11.8 Å². The topological polar surface area (TPSA) is 46.0 Å². The first-order valence-corrected chi connectivity index (χ1v) is 8.73. The number of hydrogen-bond acceptors (Lipinski definition) is 4. The molecule has 1 heterocycles. The van der Waals surface area contributed by atoms with Crippen molar-refractivity contribution in [2.24, 2.45) is 5.10 Å². The van der Waals surface area contributed by atoms with E-state index in [-0.39, 0.29) is 0 Å². The van der Waals surface area contributed by atoms with Gasteiger partial charge >= 0.3 is 0 Å². The number of aromatic amines is 1. The van der Waals surface area contributed by atoms with Crippen molar-refractivity contribution in [3.8, 4) is 11.4 Å². The Morgan fingerprint density at radius 2 is 1.83 bits per heavy atom. The van der Waals surface area contributed by atoms with Crippen LogP contribution in [0.1, 0.15) is 11.1 Å². The maximum Gasteiger partial charge on any atom is 0.216 e. The molecule has 4 nitrogen and oxygen atoms in total. The van der Waals surface area contributed by atoms with E-state index in [1.165, 1.54) is 10.5 Å². The molecule has 0 fully saturated rings. The third-order valence-corrected chi connectivity index (χ3v) is 4.41. The highest BCUT2D eigenvalue weighted by atomic mass is 32.2. The maximum atomic E-state index is 5.28. The van der Waals surface area contributed by atoms with Crippen LogP contribution in [0.2, 0.25) is 0 Å². The average Bonchev–Trinajstić information content (AvgIpc) is 2.95. The van der Waals surface area contributed by atoms with Crippen LogP contribution < -0.4 is 0 Å². The summed E-state index contributed by atoms with van der Waals surface area (Å²) in [6.07, 6.45) is 3.84. The SMILES string of the molecule is CSc1ccc(/C=N\n2c(-c3ccc(C)cc3)n[nH]c2=S)cc1. The van der Waals surface area contributed by atoms with Gasteiger partial charge in [-0.1, -0.05) is 42.0 Å². The van der Waals surface area contributed by atoms with E-state index in [9.17, 15) is 0 Å². The molecular formula is C17H16N4S2. The fourth-order valence-corrected chi connectivity index (χ4v) is 2.69. The molecule has 0 radical (unpaired) electrons. The lowest BCUT2D eigenvalue weighted by Crippen LogP contribution is -1.95. The molecule has 0 amide bonds. The van der Waals surface area contributed by atoms with E-state index >= 15 is 0 Å². The smallest absolute Gasteiger partial charge is 0.216 e. The number of nitrogens with zero attached hydrogens (tertiary/aromatic N) is 3. The molecule has 2 aromatic carbocycles. The molecule has 0 saturated heterocycles. The van der Waals surface area contributed by atoms with Gasteiger partial charge in [-0.25, -0.2) is 5.10 Å². The molecule has 0 aliphatic carbocycles. The Hall–Kier alpha value is -2.18. The highest BCUT2D eigenvalue weighted by Gasteiger charge is 2.07. The van der Waals surface area contributed by atoms with Crippen LogP contribution >= 0.6 is 24.0 Å². The summed E-state index contributed by atoms with van der Waals surface area (Å²) < 4.78 is 2.11. The van der Waals surface area contributed by atoms with Gasteiger partial charge in [0.05, 0.1) is 6.21 Å². The summed E-state index contributed by atoms with van der Waals surface area (Å²) >= 11 is 7.00. The molecule has 23 heavy (non-hydrogen) atoms. The Labute approximate surface area is 144 Å². The molecule has 0 atom stereocenters. The molecule has 6 heteroatoms. The van der Waals surface area contributed by atoms with Crippen LogP contribution in [0.5, 0.6) is 0 Å². The number of aromatic nitrogens is 3. The predicted molar refractivity (Wildman–Crippen MR) is 98.8 cm³/mol. The molecule has 0 aliphatic heterocycles. The predicted octanol–water partition coefficient (Wildman–Crippen LogP) is 4.52. The van der Waals surface area contributed by atoms with E-state index in [0.29, 0.717) is 10.6 Å². The minimum Gasteiger partial charge on any atom is -0.250 e. The fraction of sp³-hybridized carbons (Fsp3) is 0.118. The summed E-state index contributed by atoms with van der Waals surface area (Å²) in [4.78, 5) is 1.22. The average molecular weight is 340 g/mol. The summed E-state index contributed by atoms with van der Waals surface area (Å²) in [6, 6.07) is 16.3. The standard InChI is InChI=1S/C17H16N4S2/c1-12-3-7-14(8-4-12)16-19-20-17(22)21(16)18-11-13-5-9-15(23-2)10-6-13/h3-11H,1-2H3,(H,20,22)/b18-11-. The molecule has 1 N–H and O–H groups in total. The van der Waals surface area contributed by atoms with Crippen LogP contribution in [-0.2, 0) is 0 Å². The van der Waals surface area contributed by atoms with E-state index in [0.717, 1.165) is 11.1 Å². The third-order valence-electron chi connectivity index (χ3n) is 3.40. The first kappa shape index (κ1) is 15.7. The maximum absolute atomic E-state index is 5.28. The van der Waals surface area contributed by atoms with Gasteiger partial charge < -0.3 is 0 Å². The Morgan fingerprint density at radius 1 is 1.13 bits per heavy atom. The van der Waals surface area contributed by atoms with Crippen molar-refractivity contribution in [3.63, 3.8) is 0 Å². The quantitative estimate of drug-likeness (QED) is 0.431. The van der Waals surface area contributed by atoms with E-state index < -0.39 is 0 Å². The number of hydrogen-bond donors (Lipinski definition) is 1. The lowest BCUT2D eigenvalue weighted by atomic mass is 10.1. The van der Waals surface area contributed by atoms with Gasteiger partial charge in [0.25, 0.3) is 0 Å². The molecule has 0 saturated carbocycles. The molecule has 0 bridgehead atoms. The molecule has 3 aromatic rings. The number of thioether (sulfide) groups is 1. The van der Waals surface area contributed by atoms with Crippen molar-refractivity contribution >= 4 is 30.2 Å². The van der Waals surface area contributed by atoms with Crippen molar-refractivity contribution in [3.05, 3.63) is 64.4 Å². The Morgan fingerprint density at radius 3 is 2.48 bits per heavy atom. The number of rotatable bonds is 4. The van der Waals surface area contributed by atoms with Crippen LogP contribution in [0.4, 0.5) is 0 Å². The zero-order valence-corrected chi connectivity index (χ0v) is 14.5. The summed E-state index contributed by atoms with van der Waals surface area (Å²) in [6.45, 7) is 2.05. The zero-order chi connectivity index (χ0) is 16.2. The van der Waals surface area contributed by atoms with Gasteiger partial charge in [0.1, 0.15) is 0 Å². The number of nitrogens with one attached hydrogen (secondary N) is 1. The molecule has 1 aromatic heterocycles. The molecule has 0 aliphatic rings. The zero-order valence-electron chi connectivity index (χ0n) is 12.9. The fourth-order valence-electron chi connectivity index (χ4n) is 2.10. The second kappa shape index (κ2) is 6.93. The Kier molecular flexibility index (Phi) is 4.73. The second-order valence-electron chi connectivity index (χ2n) is 5.05. The van der Waals surface area contributed by atoms with Crippen LogP contribution in [0.3, 0.4) is 0 Å². The molecular weight excluding hydrogens is 324 g/mol. The van der Waals surface area contributed by atoms with E-state index in [4.69, 9.17) is 12.2 Å². The van der Waals surface area contributed by atoms with Crippen LogP contribution in [0.15, 0.2) is 58.5 Å². The van der Waals surface area contributed by atoms with Gasteiger partial charge in [0, 0.05) is 10.5 Å². The minimum atomic E-state index is 0.470. The molecule has 116 valence electrons. The third kappa shape index (κ3) is 3.60. The lowest BCUT2D eigenvalue weighted by Gasteiger charge is -2.02. The van der Waals surface area contributed by atoms with Gasteiger partial charge in [0.15, 0.2) is 5.82 Å². The van der Waals surface area contributed by atoms with E-state index in [2.05, 4.69) is 40.6 Å². The summed E-state index contributed by atoms with van der Waals surface area (Å²) in [5.74, 6) is 0.701. The van der Waals surface area contributed by atoms with Crippen molar-refractivity contribution < 1.29 is 0 Å². The molecule has 0 spiro atoms. The summed E-state index contributed by atoms with van der Waals surface area (Å²) in [7, 11) is 0. The van der Waals surface area contributed by atoms with Crippen molar-refractivity contribution in [2.75, 3.05) is 6.26 Å². The van der Waals surface area contributed by atoms with Gasteiger partial charge in [-0.3, -0.25) is 0 Å².